The number of benzene rings is 1. The Morgan fingerprint density at radius 3 is 2.76 bits per heavy atom. The number of unbranched alkanes of at least 4 members (excludes halogenated alkanes) is 1. The maximum atomic E-state index is 11.1. The molecule has 0 radical (unpaired) electrons. The van der Waals surface area contributed by atoms with Crippen molar-refractivity contribution in [3.05, 3.63) is 35.9 Å². The van der Waals surface area contributed by atoms with E-state index in [2.05, 4.69) is 24.4 Å². The zero-order valence-corrected chi connectivity index (χ0v) is 10.2. The number of amides is 1. The Bertz CT molecular complexity index is 364. The summed E-state index contributed by atoms with van der Waals surface area (Å²) in [7, 11) is 0. The Morgan fingerprint density at radius 2 is 2.18 bits per heavy atom. The second-order valence-corrected chi connectivity index (χ2v) is 4.51. The lowest BCUT2D eigenvalue weighted by Crippen LogP contribution is -2.32. The molecule has 1 saturated heterocycles. The third-order valence-corrected chi connectivity index (χ3v) is 3.28. The van der Waals surface area contributed by atoms with Crippen molar-refractivity contribution in [2.75, 3.05) is 6.61 Å². The molecule has 1 aliphatic heterocycles. The van der Waals surface area contributed by atoms with Gasteiger partial charge in [-0.1, -0.05) is 50.1 Å². The molecule has 1 fully saturated rings. The van der Waals surface area contributed by atoms with Gasteiger partial charge >= 0.3 is 6.09 Å². The van der Waals surface area contributed by atoms with Gasteiger partial charge in [-0.2, -0.15) is 0 Å². The van der Waals surface area contributed by atoms with Crippen LogP contribution in [0.15, 0.2) is 30.3 Å². The molecule has 1 aromatic rings. The summed E-state index contributed by atoms with van der Waals surface area (Å²) in [4.78, 5) is 11.1. The summed E-state index contributed by atoms with van der Waals surface area (Å²) in [6.45, 7) is 2.67. The maximum Gasteiger partial charge on any atom is 0.407 e. The van der Waals surface area contributed by atoms with E-state index in [4.69, 9.17) is 4.74 Å². The maximum absolute atomic E-state index is 11.1. The fourth-order valence-corrected chi connectivity index (χ4v) is 2.34. The number of carbonyl (C=O) groups is 1. The Hall–Kier alpha value is -1.51. The summed E-state index contributed by atoms with van der Waals surface area (Å²) >= 11 is 0. The van der Waals surface area contributed by atoms with Crippen LogP contribution in [0.3, 0.4) is 0 Å². The van der Waals surface area contributed by atoms with Crippen LogP contribution in [-0.4, -0.2) is 18.7 Å². The van der Waals surface area contributed by atoms with Gasteiger partial charge in [-0.05, 0) is 12.0 Å². The second-order valence-electron chi connectivity index (χ2n) is 4.51. The largest absolute Gasteiger partial charge is 0.447 e. The summed E-state index contributed by atoms with van der Waals surface area (Å²) in [5.74, 6) is 0.364. The zero-order valence-electron chi connectivity index (χ0n) is 10.2. The quantitative estimate of drug-likeness (QED) is 0.848. The van der Waals surface area contributed by atoms with E-state index in [9.17, 15) is 4.79 Å². The highest BCUT2D eigenvalue weighted by Crippen LogP contribution is 2.27. The molecule has 2 atom stereocenters. The van der Waals surface area contributed by atoms with Crippen LogP contribution >= 0.6 is 0 Å². The molecule has 1 N–H and O–H groups in total. The van der Waals surface area contributed by atoms with Gasteiger partial charge in [0.25, 0.3) is 0 Å². The van der Waals surface area contributed by atoms with Crippen molar-refractivity contribution in [3.8, 4) is 0 Å². The predicted molar refractivity (Wildman–Crippen MR) is 67.0 cm³/mol. The molecule has 1 heterocycles. The third-order valence-electron chi connectivity index (χ3n) is 3.28. The number of rotatable bonds is 5. The van der Waals surface area contributed by atoms with E-state index in [-0.39, 0.29) is 12.1 Å². The SMILES string of the molecule is CCCC[C@@H](c1ccccc1)[C@H]1COC(=O)N1. The molecule has 0 aromatic heterocycles. The molecule has 2 rings (SSSR count). The minimum absolute atomic E-state index is 0.122. The fourth-order valence-electron chi connectivity index (χ4n) is 2.34. The molecular formula is C14H19NO2. The molecule has 17 heavy (non-hydrogen) atoms. The molecule has 1 aliphatic rings. The highest BCUT2D eigenvalue weighted by atomic mass is 16.6. The number of alkyl carbamates (subject to hydrolysis) is 1. The highest BCUT2D eigenvalue weighted by Gasteiger charge is 2.30. The van der Waals surface area contributed by atoms with Gasteiger partial charge < -0.3 is 10.1 Å². The van der Waals surface area contributed by atoms with Gasteiger partial charge in [0, 0.05) is 5.92 Å². The van der Waals surface area contributed by atoms with Crippen LogP contribution in [0, 0.1) is 0 Å². The smallest absolute Gasteiger partial charge is 0.407 e. The molecule has 0 unspecified atom stereocenters. The van der Waals surface area contributed by atoms with E-state index in [0.717, 1.165) is 6.42 Å². The molecule has 0 saturated carbocycles. The lowest BCUT2D eigenvalue weighted by atomic mass is 9.87. The monoisotopic (exact) mass is 233 g/mol. The molecule has 1 aromatic carbocycles. The minimum atomic E-state index is -0.285. The van der Waals surface area contributed by atoms with Crippen molar-refractivity contribution < 1.29 is 9.53 Å². The number of hydrogen-bond acceptors (Lipinski definition) is 2. The molecule has 92 valence electrons. The first-order valence-corrected chi connectivity index (χ1v) is 6.29. The fraction of sp³-hybridized carbons (Fsp3) is 0.500. The van der Waals surface area contributed by atoms with Gasteiger partial charge in [-0.25, -0.2) is 4.79 Å². The van der Waals surface area contributed by atoms with Gasteiger partial charge in [0.15, 0.2) is 0 Å². The lowest BCUT2D eigenvalue weighted by Gasteiger charge is -2.22. The van der Waals surface area contributed by atoms with Crippen LogP contribution in [0.1, 0.15) is 37.7 Å². The average molecular weight is 233 g/mol. The first kappa shape index (κ1) is 12.0. The van der Waals surface area contributed by atoms with Crippen molar-refractivity contribution in [1.29, 1.82) is 0 Å². The van der Waals surface area contributed by atoms with E-state index in [1.165, 1.54) is 18.4 Å². The third kappa shape index (κ3) is 2.99. The average Bonchev–Trinajstić information content (AvgIpc) is 2.78. The van der Waals surface area contributed by atoms with E-state index in [1.54, 1.807) is 0 Å². The summed E-state index contributed by atoms with van der Waals surface area (Å²) in [5.41, 5.74) is 1.29. The summed E-state index contributed by atoms with van der Waals surface area (Å²) in [5, 5.41) is 2.90. The normalized spacial score (nSPS) is 20.8. The Morgan fingerprint density at radius 1 is 1.41 bits per heavy atom. The topological polar surface area (TPSA) is 38.3 Å². The first-order chi connectivity index (χ1) is 8.31. The van der Waals surface area contributed by atoms with Crippen LogP contribution in [-0.2, 0) is 4.74 Å². The molecule has 0 aliphatic carbocycles. The zero-order chi connectivity index (χ0) is 12.1. The Kier molecular flexibility index (Phi) is 4.02. The molecule has 0 spiro atoms. The van der Waals surface area contributed by atoms with E-state index < -0.39 is 0 Å². The number of cyclic esters (lactones) is 1. The van der Waals surface area contributed by atoms with Crippen LogP contribution in [0.2, 0.25) is 0 Å². The highest BCUT2D eigenvalue weighted by molar-refractivity contribution is 5.69. The number of ether oxygens (including phenoxy) is 1. The van der Waals surface area contributed by atoms with Crippen LogP contribution in [0.25, 0.3) is 0 Å². The molecular weight excluding hydrogens is 214 g/mol. The Labute approximate surface area is 102 Å². The minimum Gasteiger partial charge on any atom is -0.447 e. The van der Waals surface area contributed by atoms with E-state index >= 15 is 0 Å². The van der Waals surface area contributed by atoms with E-state index in [0.29, 0.717) is 12.5 Å². The van der Waals surface area contributed by atoms with Crippen molar-refractivity contribution in [2.24, 2.45) is 0 Å². The number of nitrogens with one attached hydrogen (secondary N) is 1. The van der Waals surface area contributed by atoms with Gasteiger partial charge in [0.05, 0.1) is 6.04 Å². The van der Waals surface area contributed by atoms with Gasteiger partial charge in [0.2, 0.25) is 0 Å². The van der Waals surface area contributed by atoms with Crippen molar-refractivity contribution >= 4 is 6.09 Å². The number of carbonyl (C=O) groups excluding carboxylic acids is 1. The van der Waals surface area contributed by atoms with E-state index in [1.807, 2.05) is 18.2 Å². The second kappa shape index (κ2) is 5.71. The molecule has 1 amide bonds. The summed E-state index contributed by atoms with van der Waals surface area (Å²) < 4.78 is 5.00. The van der Waals surface area contributed by atoms with Gasteiger partial charge in [-0.15, -0.1) is 0 Å². The summed E-state index contributed by atoms with van der Waals surface area (Å²) in [6, 6.07) is 10.5. The van der Waals surface area contributed by atoms with Crippen LogP contribution < -0.4 is 5.32 Å². The van der Waals surface area contributed by atoms with Crippen LogP contribution in [0.4, 0.5) is 4.79 Å². The molecule has 3 heteroatoms. The van der Waals surface area contributed by atoms with Gasteiger partial charge in [0.1, 0.15) is 6.61 Å². The van der Waals surface area contributed by atoms with Crippen molar-refractivity contribution in [1.82, 2.24) is 5.32 Å². The van der Waals surface area contributed by atoms with Crippen LogP contribution in [0.5, 0.6) is 0 Å². The Balaban J connectivity index is 2.10. The summed E-state index contributed by atoms with van der Waals surface area (Å²) in [6.07, 6.45) is 3.15. The standard InChI is InChI=1S/C14H19NO2/c1-2-3-9-12(11-7-5-4-6-8-11)13-10-17-14(16)15-13/h4-8,12-13H,2-3,9-10H2,1H3,(H,15,16)/t12-,13+/m0/s1. The predicted octanol–water partition coefficient (Wildman–Crippen LogP) is 3.07. The first-order valence-electron chi connectivity index (χ1n) is 6.29. The molecule has 3 nitrogen and oxygen atoms in total. The van der Waals surface area contributed by atoms with Crippen molar-refractivity contribution in [3.63, 3.8) is 0 Å². The van der Waals surface area contributed by atoms with Gasteiger partial charge in [-0.3, -0.25) is 0 Å². The van der Waals surface area contributed by atoms with Crippen molar-refractivity contribution in [2.45, 2.75) is 38.1 Å². The number of hydrogen-bond donors (Lipinski definition) is 1. The lowest BCUT2D eigenvalue weighted by molar-refractivity contribution is 0.176. The molecule has 0 bridgehead atoms.